The lowest BCUT2D eigenvalue weighted by atomic mass is 9.74. The number of amides is 1. The molecule has 1 aromatic heterocycles. The molecule has 3 rings (SSSR count). The molecule has 0 bridgehead atoms. The van der Waals surface area contributed by atoms with Crippen molar-refractivity contribution in [2.75, 3.05) is 19.7 Å². The number of nitrogens with two attached hydrogens (primary N) is 1. The smallest absolute Gasteiger partial charge is 0.227 e. The summed E-state index contributed by atoms with van der Waals surface area (Å²) in [4.78, 5) is 19.3. The second kappa shape index (κ2) is 9.35. The third kappa shape index (κ3) is 5.09. The Morgan fingerprint density at radius 2 is 2.08 bits per heavy atom. The molecule has 2 N–H and O–H groups in total. The van der Waals surface area contributed by atoms with Gasteiger partial charge in [0.2, 0.25) is 5.91 Å². The van der Waals surface area contributed by atoms with Gasteiger partial charge in [0.1, 0.15) is 11.6 Å². The van der Waals surface area contributed by atoms with E-state index < -0.39 is 0 Å². The second-order valence-electron chi connectivity index (χ2n) is 7.47. The third-order valence-electron chi connectivity index (χ3n) is 5.34. The highest BCUT2D eigenvalue weighted by atomic mass is 35.5. The number of ether oxygens (including phenoxy) is 1. The molecule has 7 nitrogen and oxygen atoms in total. The molecular formula is C17H31Cl2N5O2. The molecule has 1 aromatic rings. The number of morpholine rings is 1. The van der Waals surface area contributed by atoms with E-state index in [1.807, 2.05) is 30.4 Å². The van der Waals surface area contributed by atoms with Crippen LogP contribution in [-0.4, -0.2) is 56.9 Å². The fourth-order valence-electron chi connectivity index (χ4n) is 3.94. The molecule has 1 amide bonds. The average Bonchev–Trinajstić information content (AvgIpc) is 2.84. The van der Waals surface area contributed by atoms with E-state index in [9.17, 15) is 4.79 Å². The van der Waals surface area contributed by atoms with Gasteiger partial charge in [-0.3, -0.25) is 4.79 Å². The molecule has 2 aliphatic rings. The summed E-state index contributed by atoms with van der Waals surface area (Å²) < 4.78 is 7.71. The molecule has 0 spiro atoms. The number of rotatable bonds is 3. The third-order valence-corrected chi connectivity index (χ3v) is 5.34. The van der Waals surface area contributed by atoms with Crippen molar-refractivity contribution in [2.45, 2.75) is 64.6 Å². The fraction of sp³-hybridized carbons (Fsp3) is 0.824. The Hall–Kier alpha value is -0.890. The van der Waals surface area contributed by atoms with Crippen LogP contribution in [0.5, 0.6) is 0 Å². The van der Waals surface area contributed by atoms with Gasteiger partial charge in [0.25, 0.3) is 0 Å². The Kier molecular flexibility index (Phi) is 8.33. The van der Waals surface area contributed by atoms with Crippen LogP contribution in [0.1, 0.15) is 44.3 Å². The Balaban J connectivity index is 0.00000169. The van der Waals surface area contributed by atoms with Crippen molar-refractivity contribution in [2.24, 2.45) is 11.7 Å². The first kappa shape index (κ1) is 23.1. The van der Waals surface area contributed by atoms with Crippen LogP contribution in [0.3, 0.4) is 0 Å². The van der Waals surface area contributed by atoms with Gasteiger partial charge in [0.15, 0.2) is 0 Å². The molecule has 1 saturated heterocycles. The van der Waals surface area contributed by atoms with Crippen LogP contribution in [0.2, 0.25) is 0 Å². The summed E-state index contributed by atoms with van der Waals surface area (Å²) in [7, 11) is 0. The minimum absolute atomic E-state index is 0. The number of carbonyl (C=O) groups is 1. The van der Waals surface area contributed by atoms with Crippen LogP contribution in [0.15, 0.2) is 0 Å². The number of carbonyl (C=O) groups excluding carboxylic acids is 1. The largest absolute Gasteiger partial charge is 0.373 e. The maximum absolute atomic E-state index is 13.0. The Morgan fingerprint density at radius 3 is 2.69 bits per heavy atom. The first-order chi connectivity index (χ1) is 11.4. The minimum Gasteiger partial charge on any atom is -0.373 e. The van der Waals surface area contributed by atoms with Gasteiger partial charge >= 0.3 is 0 Å². The van der Waals surface area contributed by atoms with Crippen molar-refractivity contribution in [3.05, 3.63) is 11.6 Å². The zero-order valence-corrected chi connectivity index (χ0v) is 17.4. The zero-order valence-electron chi connectivity index (χ0n) is 15.8. The monoisotopic (exact) mass is 407 g/mol. The summed E-state index contributed by atoms with van der Waals surface area (Å²) in [5, 5.41) is 4.39. The molecule has 0 aromatic carbocycles. The van der Waals surface area contributed by atoms with E-state index in [4.69, 9.17) is 10.5 Å². The first-order valence-electron chi connectivity index (χ1n) is 8.94. The SMILES string of the molecule is Cc1nc(C)n(CC2CN(C(=O)C3CCCCC3(C)N)CCO2)n1.Cl.Cl. The number of hydrogen-bond donors (Lipinski definition) is 1. The van der Waals surface area contributed by atoms with Crippen molar-refractivity contribution < 1.29 is 9.53 Å². The highest BCUT2D eigenvalue weighted by Gasteiger charge is 2.40. The maximum Gasteiger partial charge on any atom is 0.227 e. The number of aryl methyl sites for hydroxylation is 2. The van der Waals surface area contributed by atoms with Crippen LogP contribution >= 0.6 is 24.8 Å². The van der Waals surface area contributed by atoms with E-state index in [1.54, 1.807) is 0 Å². The Labute approximate surface area is 167 Å². The molecule has 9 heteroatoms. The molecule has 26 heavy (non-hydrogen) atoms. The molecule has 150 valence electrons. The quantitative estimate of drug-likeness (QED) is 0.825. The number of nitrogens with zero attached hydrogens (tertiary/aromatic N) is 4. The van der Waals surface area contributed by atoms with Gasteiger partial charge in [-0.2, -0.15) is 5.10 Å². The summed E-state index contributed by atoms with van der Waals surface area (Å²) in [5.41, 5.74) is 6.02. The summed E-state index contributed by atoms with van der Waals surface area (Å²) in [5.74, 6) is 1.76. The minimum atomic E-state index is -0.386. The van der Waals surface area contributed by atoms with E-state index in [0.29, 0.717) is 26.2 Å². The Bertz CT molecular complexity index is 608. The summed E-state index contributed by atoms with van der Waals surface area (Å²) in [6, 6.07) is 0. The maximum atomic E-state index is 13.0. The standard InChI is InChI=1S/C17H29N5O2.2ClH/c1-12-19-13(2)22(20-12)11-14-10-21(8-9-24-14)16(23)15-6-4-5-7-17(15,3)18;;/h14-15H,4-11,18H2,1-3H3;2*1H. The molecule has 1 saturated carbocycles. The molecule has 1 aliphatic heterocycles. The van der Waals surface area contributed by atoms with Crippen molar-refractivity contribution in [3.63, 3.8) is 0 Å². The number of aromatic nitrogens is 3. The normalized spacial score (nSPS) is 28.8. The van der Waals surface area contributed by atoms with Crippen molar-refractivity contribution in [3.8, 4) is 0 Å². The van der Waals surface area contributed by atoms with Gasteiger partial charge in [-0.1, -0.05) is 12.8 Å². The van der Waals surface area contributed by atoms with Crippen LogP contribution in [0.25, 0.3) is 0 Å². The molecule has 1 aliphatic carbocycles. The van der Waals surface area contributed by atoms with E-state index in [0.717, 1.165) is 37.3 Å². The van der Waals surface area contributed by atoms with E-state index in [2.05, 4.69) is 10.1 Å². The molecule has 2 fully saturated rings. The molecular weight excluding hydrogens is 377 g/mol. The lowest BCUT2D eigenvalue weighted by Crippen LogP contribution is -2.56. The van der Waals surface area contributed by atoms with Gasteiger partial charge < -0.3 is 15.4 Å². The van der Waals surface area contributed by atoms with Gasteiger partial charge in [-0.05, 0) is 33.6 Å². The summed E-state index contributed by atoms with van der Waals surface area (Å²) in [6.45, 7) is 8.28. The zero-order chi connectivity index (χ0) is 17.3. The first-order valence-corrected chi connectivity index (χ1v) is 8.94. The van der Waals surface area contributed by atoms with E-state index in [-0.39, 0.29) is 48.3 Å². The number of halogens is 2. The summed E-state index contributed by atoms with van der Waals surface area (Å²) in [6.07, 6.45) is 3.99. The molecule has 2 heterocycles. The van der Waals surface area contributed by atoms with E-state index >= 15 is 0 Å². The average molecular weight is 408 g/mol. The van der Waals surface area contributed by atoms with Gasteiger partial charge in [0.05, 0.1) is 25.2 Å². The van der Waals surface area contributed by atoms with Crippen molar-refractivity contribution >= 4 is 30.7 Å². The molecule has 3 unspecified atom stereocenters. The van der Waals surface area contributed by atoms with Gasteiger partial charge in [-0.15, -0.1) is 24.8 Å². The lowest BCUT2D eigenvalue weighted by Gasteiger charge is -2.42. The predicted molar refractivity (Wildman–Crippen MR) is 105 cm³/mol. The van der Waals surface area contributed by atoms with Crippen LogP contribution in [-0.2, 0) is 16.1 Å². The van der Waals surface area contributed by atoms with Crippen molar-refractivity contribution in [1.82, 2.24) is 19.7 Å². The highest BCUT2D eigenvalue weighted by molar-refractivity contribution is 5.85. The van der Waals surface area contributed by atoms with Crippen LogP contribution in [0.4, 0.5) is 0 Å². The van der Waals surface area contributed by atoms with Crippen LogP contribution in [0, 0.1) is 19.8 Å². The predicted octanol–water partition coefficient (Wildman–Crippen LogP) is 1.87. The summed E-state index contributed by atoms with van der Waals surface area (Å²) >= 11 is 0. The van der Waals surface area contributed by atoms with Gasteiger partial charge in [-0.25, -0.2) is 9.67 Å². The van der Waals surface area contributed by atoms with Crippen molar-refractivity contribution in [1.29, 1.82) is 0 Å². The Morgan fingerprint density at radius 1 is 1.35 bits per heavy atom. The second-order valence-corrected chi connectivity index (χ2v) is 7.47. The van der Waals surface area contributed by atoms with E-state index in [1.165, 1.54) is 0 Å². The van der Waals surface area contributed by atoms with Gasteiger partial charge in [0, 0.05) is 18.6 Å². The molecule has 3 atom stereocenters. The number of hydrogen-bond acceptors (Lipinski definition) is 5. The topological polar surface area (TPSA) is 86.3 Å². The van der Waals surface area contributed by atoms with Crippen LogP contribution < -0.4 is 5.73 Å². The fourth-order valence-corrected chi connectivity index (χ4v) is 3.94. The molecule has 0 radical (unpaired) electrons. The highest BCUT2D eigenvalue weighted by Crippen LogP contribution is 2.33. The lowest BCUT2D eigenvalue weighted by molar-refractivity contribution is -0.147.